The van der Waals surface area contributed by atoms with Gasteiger partial charge in [0.05, 0.1) is 5.69 Å². The summed E-state index contributed by atoms with van der Waals surface area (Å²) in [5.74, 6) is 0. The van der Waals surface area contributed by atoms with Crippen LogP contribution in [0.2, 0.25) is 0 Å². The fourth-order valence-electron chi connectivity index (χ4n) is 8.28. The van der Waals surface area contributed by atoms with Crippen LogP contribution in [0.15, 0.2) is 197 Å². The number of nitrogens with zero attached hydrogens (tertiary/aromatic N) is 1. The molecule has 0 spiro atoms. The molecule has 0 atom stereocenters. The third-order valence-electron chi connectivity index (χ3n) is 10.7. The van der Waals surface area contributed by atoms with Crippen LogP contribution in [0.3, 0.4) is 0 Å². The summed E-state index contributed by atoms with van der Waals surface area (Å²) >= 11 is 0. The molecule has 248 valence electrons. The zero-order valence-electron chi connectivity index (χ0n) is 28.7. The van der Waals surface area contributed by atoms with E-state index in [4.69, 9.17) is 8.83 Å². The Morgan fingerprint density at radius 2 is 0.868 bits per heavy atom. The van der Waals surface area contributed by atoms with E-state index < -0.39 is 0 Å². The summed E-state index contributed by atoms with van der Waals surface area (Å²) in [6.45, 7) is 0. The molecule has 0 aliphatic heterocycles. The Hall–Kier alpha value is -7.10. The summed E-state index contributed by atoms with van der Waals surface area (Å²) in [5, 5.41) is 9.19. The van der Waals surface area contributed by atoms with Crippen molar-refractivity contribution in [2.24, 2.45) is 0 Å². The predicted octanol–water partition coefficient (Wildman–Crippen LogP) is 14.6. The van der Waals surface area contributed by atoms with Crippen molar-refractivity contribution in [2.75, 3.05) is 4.90 Å². The second kappa shape index (κ2) is 11.7. The molecule has 0 aliphatic rings. The second-order valence-corrected chi connectivity index (χ2v) is 13.6. The zero-order valence-corrected chi connectivity index (χ0v) is 28.7. The van der Waals surface area contributed by atoms with E-state index in [1.165, 1.54) is 16.2 Å². The second-order valence-electron chi connectivity index (χ2n) is 13.6. The molecule has 0 saturated carbocycles. The van der Waals surface area contributed by atoms with Crippen LogP contribution in [0, 0.1) is 0 Å². The molecule has 0 amide bonds. The van der Waals surface area contributed by atoms with Gasteiger partial charge < -0.3 is 13.7 Å². The number of furan rings is 2. The standard InChI is InChI=1S/C50H31NO2/c1-3-14-32(15-4-1)36-30-31-44-46-41-21-9-7-18-38(41)39-19-8-10-22-42(39)49(46)53-50(44)47(36)51(34-16-5-2-6-17-34)35-28-26-33(27-29-35)37-23-13-24-43-40-20-11-12-25-45(40)52-48(37)43/h1-31H. The lowest BCUT2D eigenvalue weighted by Gasteiger charge is -2.28. The molecule has 0 aliphatic carbocycles. The lowest BCUT2D eigenvalue weighted by Crippen LogP contribution is -2.11. The number of anilines is 3. The lowest BCUT2D eigenvalue weighted by molar-refractivity contribution is 0.670. The zero-order chi connectivity index (χ0) is 34.9. The normalized spacial score (nSPS) is 11.8. The van der Waals surface area contributed by atoms with E-state index in [0.29, 0.717) is 0 Å². The number of benzene rings is 9. The summed E-state index contributed by atoms with van der Waals surface area (Å²) in [4.78, 5) is 2.35. The van der Waals surface area contributed by atoms with Crippen molar-refractivity contribution in [2.45, 2.75) is 0 Å². The van der Waals surface area contributed by atoms with Crippen LogP contribution in [-0.4, -0.2) is 0 Å². The van der Waals surface area contributed by atoms with Gasteiger partial charge in [0, 0.05) is 49.4 Å². The summed E-state index contributed by atoms with van der Waals surface area (Å²) < 4.78 is 13.6. The fraction of sp³-hybridized carbons (Fsp3) is 0. The molecule has 3 heteroatoms. The van der Waals surface area contributed by atoms with Gasteiger partial charge in [-0.1, -0.05) is 152 Å². The van der Waals surface area contributed by atoms with Gasteiger partial charge in [-0.15, -0.1) is 0 Å². The van der Waals surface area contributed by atoms with Crippen molar-refractivity contribution >= 4 is 82.5 Å². The van der Waals surface area contributed by atoms with Gasteiger partial charge in [0.1, 0.15) is 16.7 Å². The predicted molar refractivity (Wildman–Crippen MR) is 222 cm³/mol. The van der Waals surface area contributed by atoms with Crippen LogP contribution in [0.1, 0.15) is 0 Å². The first kappa shape index (κ1) is 29.6. The molecule has 11 rings (SSSR count). The summed E-state index contributed by atoms with van der Waals surface area (Å²) in [6.07, 6.45) is 0. The van der Waals surface area contributed by atoms with E-state index in [9.17, 15) is 0 Å². The average Bonchev–Trinajstić information content (AvgIpc) is 3.82. The Morgan fingerprint density at radius 3 is 1.64 bits per heavy atom. The van der Waals surface area contributed by atoms with Crippen molar-refractivity contribution in [3.8, 4) is 22.3 Å². The summed E-state index contributed by atoms with van der Waals surface area (Å²) in [6, 6.07) is 66.5. The largest absolute Gasteiger partial charge is 0.455 e. The van der Waals surface area contributed by atoms with Crippen molar-refractivity contribution in [3.63, 3.8) is 0 Å². The van der Waals surface area contributed by atoms with Crippen molar-refractivity contribution in [1.82, 2.24) is 0 Å². The first-order chi connectivity index (χ1) is 26.3. The van der Waals surface area contributed by atoms with Crippen LogP contribution in [-0.2, 0) is 0 Å². The van der Waals surface area contributed by atoms with Crippen molar-refractivity contribution in [1.29, 1.82) is 0 Å². The van der Waals surface area contributed by atoms with Crippen molar-refractivity contribution < 1.29 is 8.83 Å². The number of hydrogen-bond acceptors (Lipinski definition) is 3. The molecule has 0 radical (unpaired) electrons. The molecule has 0 N–H and O–H groups in total. The van der Waals surface area contributed by atoms with E-state index >= 15 is 0 Å². The molecule has 9 aromatic carbocycles. The molecule has 2 aromatic heterocycles. The maximum absolute atomic E-state index is 7.21. The Balaban J connectivity index is 1.19. The molecular weight excluding hydrogens is 647 g/mol. The Morgan fingerprint density at radius 1 is 0.302 bits per heavy atom. The minimum absolute atomic E-state index is 0.850. The van der Waals surface area contributed by atoms with Gasteiger partial charge in [-0.05, 0) is 63.7 Å². The van der Waals surface area contributed by atoms with E-state index in [-0.39, 0.29) is 0 Å². The smallest absolute Gasteiger partial charge is 0.160 e. The van der Waals surface area contributed by atoms with Crippen LogP contribution >= 0.6 is 0 Å². The van der Waals surface area contributed by atoms with Crippen LogP contribution in [0.4, 0.5) is 17.1 Å². The highest BCUT2D eigenvalue weighted by atomic mass is 16.3. The van der Waals surface area contributed by atoms with Gasteiger partial charge in [0.25, 0.3) is 0 Å². The molecule has 0 unspecified atom stereocenters. The van der Waals surface area contributed by atoms with Crippen LogP contribution in [0.25, 0.3) is 87.7 Å². The molecule has 0 bridgehead atoms. The quantitative estimate of drug-likeness (QED) is 0.170. The van der Waals surface area contributed by atoms with E-state index in [0.717, 1.165) is 88.6 Å². The number of hydrogen-bond donors (Lipinski definition) is 0. The number of para-hydroxylation sites is 3. The van der Waals surface area contributed by atoms with Crippen molar-refractivity contribution in [3.05, 3.63) is 188 Å². The van der Waals surface area contributed by atoms with Gasteiger partial charge in [-0.3, -0.25) is 0 Å². The first-order valence-corrected chi connectivity index (χ1v) is 18.0. The van der Waals surface area contributed by atoms with Gasteiger partial charge in [0.15, 0.2) is 5.58 Å². The highest BCUT2D eigenvalue weighted by Crippen LogP contribution is 2.50. The number of rotatable bonds is 5. The minimum Gasteiger partial charge on any atom is -0.455 e. The maximum atomic E-state index is 7.21. The maximum Gasteiger partial charge on any atom is 0.160 e. The van der Waals surface area contributed by atoms with E-state index in [2.05, 4.69) is 181 Å². The third kappa shape index (κ3) is 4.54. The lowest BCUT2D eigenvalue weighted by atomic mass is 9.95. The fourth-order valence-corrected chi connectivity index (χ4v) is 8.28. The minimum atomic E-state index is 0.850. The Labute approximate surface area is 305 Å². The Bertz CT molecular complexity index is 3160. The topological polar surface area (TPSA) is 29.5 Å². The molecule has 2 heterocycles. The number of fused-ring (bicyclic) bond motifs is 11. The highest BCUT2D eigenvalue weighted by Gasteiger charge is 2.26. The monoisotopic (exact) mass is 677 g/mol. The van der Waals surface area contributed by atoms with E-state index in [1.54, 1.807) is 0 Å². The first-order valence-electron chi connectivity index (χ1n) is 18.0. The third-order valence-corrected chi connectivity index (χ3v) is 10.7. The molecule has 11 aromatic rings. The van der Waals surface area contributed by atoms with Gasteiger partial charge in [0.2, 0.25) is 0 Å². The molecule has 53 heavy (non-hydrogen) atoms. The van der Waals surface area contributed by atoms with Gasteiger partial charge >= 0.3 is 0 Å². The summed E-state index contributed by atoms with van der Waals surface area (Å²) in [5.41, 5.74) is 11.0. The SMILES string of the molecule is c1ccc(-c2ccc3c(oc4c5ccccc5c5ccccc5c34)c2N(c2ccccc2)c2ccc(-c3cccc4c3oc3ccccc34)cc2)cc1. The molecule has 3 nitrogen and oxygen atoms in total. The average molecular weight is 678 g/mol. The molecule has 0 fully saturated rings. The van der Waals surface area contributed by atoms with Gasteiger partial charge in [-0.25, -0.2) is 0 Å². The highest BCUT2D eigenvalue weighted by molar-refractivity contribution is 6.31. The van der Waals surface area contributed by atoms with E-state index in [1.807, 2.05) is 12.1 Å². The Kier molecular flexibility index (Phi) is 6.55. The van der Waals surface area contributed by atoms with Crippen LogP contribution < -0.4 is 4.90 Å². The van der Waals surface area contributed by atoms with Gasteiger partial charge in [-0.2, -0.15) is 0 Å². The van der Waals surface area contributed by atoms with Crippen LogP contribution in [0.5, 0.6) is 0 Å². The molecule has 0 saturated heterocycles. The summed E-state index contributed by atoms with van der Waals surface area (Å²) in [7, 11) is 0. The molecular formula is C50H31NO2.